The van der Waals surface area contributed by atoms with Gasteiger partial charge in [-0.25, -0.2) is 0 Å². The van der Waals surface area contributed by atoms with Crippen molar-refractivity contribution in [1.29, 1.82) is 0 Å². The number of anilines is 1. The number of hydrogen-bond acceptors (Lipinski definition) is 8. The molecule has 0 aliphatic heterocycles. The predicted molar refractivity (Wildman–Crippen MR) is 100 cm³/mol. The third kappa shape index (κ3) is 3.94. The second-order valence-corrected chi connectivity index (χ2v) is 8.53. The zero-order valence-corrected chi connectivity index (χ0v) is 15.5. The van der Waals surface area contributed by atoms with Crippen molar-refractivity contribution >= 4 is 48.1 Å². The van der Waals surface area contributed by atoms with Gasteiger partial charge in [0.2, 0.25) is 0 Å². The molecule has 0 amide bonds. The van der Waals surface area contributed by atoms with E-state index in [1.165, 1.54) is 30.3 Å². The highest BCUT2D eigenvalue weighted by atomic mass is 32.2. The lowest BCUT2D eigenvalue weighted by atomic mass is 10.1. The molecular formula is C16H13N3O7S2. The van der Waals surface area contributed by atoms with Gasteiger partial charge in [-0.1, -0.05) is 6.07 Å². The quantitative estimate of drug-likeness (QED) is 0.281. The fourth-order valence-corrected chi connectivity index (χ4v) is 3.55. The van der Waals surface area contributed by atoms with Gasteiger partial charge in [-0.2, -0.15) is 21.9 Å². The molecule has 3 aromatic rings. The summed E-state index contributed by atoms with van der Waals surface area (Å²) in [6.45, 7) is 0. The highest BCUT2D eigenvalue weighted by molar-refractivity contribution is 7.86. The van der Waals surface area contributed by atoms with Crippen molar-refractivity contribution in [2.45, 2.75) is 9.79 Å². The number of nitrogens with two attached hydrogens (primary N) is 1. The Bertz CT molecular complexity index is 1330. The molecule has 0 unspecified atom stereocenters. The summed E-state index contributed by atoms with van der Waals surface area (Å²) < 4.78 is 63.6. The zero-order valence-electron chi connectivity index (χ0n) is 13.9. The van der Waals surface area contributed by atoms with Crippen molar-refractivity contribution in [2.75, 3.05) is 5.73 Å². The number of benzene rings is 3. The number of nitrogens with zero attached hydrogens (tertiary/aromatic N) is 2. The summed E-state index contributed by atoms with van der Waals surface area (Å²) in [7, 11) is -9.02. The number of phenols is 1. The summed E-state index contributed by atoms with van der Waals surface area (Å²) in [5, 5.41) is 18.1. The number of rotatable bonds is 4. The second kappa shape index (κ2) is 6.83. The van der Waals surface area contributed by atoms with Gasteiger partial charge in [-0.05, 0) is 36.4 Å². The Morgan fingerprint density at radius 3 is 2.14 bits per heavy atom. The smallest absolute Gasteiger partial charge is 0.294 e. The Hall–Kier alpha value is -3.06. The Kier molecular flexibility index (Phi) is 4.81. The van der Waals surface area contributed by atoms with E-state index in [0.29, 0.717) is 0 Å². The lowest BCUT2D eigenvalue weighted by Gasteiger charge is -2.09. The van der Waals surface area contributed by atoms with Gasteiger partial charge < -0.3 is 10.8 Å². The Balaban J connectivity index is 2.18. The lowest BCUT2D eigenvalue weighted by molar-refractivity contribution is 0.471. The van der Waals surface area contributed by atoms with E-state index in [2.05, 4.69) is 10.2 Å². The SMILES string of the molecule is Nc1ccc(N=Nc2cccc(S(=O)(=O)O)c2)c2cc(S(=O)(=O)O)cc(O)c12. The first-order valence-electron chi connectivity index (χ1n) is 7.49. The van der Waals surface area contributed by atoms with Crippen molar-refractivity contribution in [2.24, 2.45) is 10.2 Å². The van der Waals surface area contributed by atoms with Gasteiger partial charge >= 0.3 is 0 Å². The second-order valence-electron chi connectivity index (χ2n) is 5.69. The number of phenolic OH excluding ortho intramolecular Hbond substituents is 1. The highest BCUT2D eigenvalue weighted by Gasteiger charge is 2.17. The molecule has 0 aliphatic rings. The number of nitrogen functional groups attached to an aromatic ring is 1. The van der Waals surface area contributed by atoms with E-state index in [1.54, 1.807) is 0 Å². The van der Waals surface area contributed by atoms with Gasteiger partial charge in [0.05, 0.1) is 21.2 Å². The van der Waals surface area contributed by atoms with E-state index >= 15 is 0 Å². The van der Waals surface area contributed by atoms with Crippen LogP contribution in [0, 0.1) is 0 Å². The van der Waals surface area contributed by atoms with Gasteiger partial charge in [-0.3, -0.25) is 9.11 Å². The summed E-state index contributed by atoms with van der Waals surface area (Å²) in [6.07, 6.45) is 0. The molecule has 0 heterocycles. The summed E-state index contributed by atoms with van der Waals surface area (Å²) >= 11 is 0. The fourth-order valence-electron chi connectivity index (χ4n) is 2.50. The minimum atomic E-state index is -4.60. The van der Waals surface area contributed by atoms with E-state index in [4.69, 9.17) is 10.3 Å². The van der Waals surface area contributed by atoms with Crippen LogP contribution < -0.4 is 5.73 Å². The van der Waals surface area contributed by atoms with Crippen molar-refractivity contribution in [3.05, 3.63) is 48.5 Å². The van der Waals surface area contributed by atoms with E-state index in [1.807, 2.05) is 0 Å². The van der Waals surface area contributed by atoms with Gasteiger partial charge in [0, 0.05) is 22.5 Å². The first-order valence-corrected chi connectivity index (χ1v) is 10.4. The molecule has 0 saturated heterocycles. The summed E-state index contributed by atoms with van der Waals surface area (Å²) in [4.78, 5) is -0.939. The molecule has 0 fully saturated rings. The van der Waals surface area contributed by atoms with Gasteiger partial charge in [-0.15, -0.1) is 5.11 Å². The minimum Gasteiger partial charge on any atom is -0.507 e. The van der Waals surface area contributed by atoms with Crippen LogP contribution in [-0.2, 0) is 20.2 Å². The molecule has 28 heavy (non-hydrogen) atoms. The maximum Gasteiger partial charge on any atom is 0.294 e. The Morgan fingerprint density at radius 2 is 1.50 bits per heavy atom. The average Bonchev–Trinajstić information content (AvgIpc) is 2.59. The standard InChI is InChI=1S/C16H13N3O7S2/c17-13-4-5-14(12-7-11(28(24,25)26)8-15(20)16(12)13)19-18-9-2-1-3-10(6-9)27(21,22)23/h1-8,20H,17H2,(H,21,22,23)(H,24,25,26). The van der Waals surface area contributed by atoms with Crippen LogP contribution >= 0.6 is 0 Å². The highest BCUT2D eigenvalue weighted by Crippen LogP contribution is 2.38. The molecule has 12 heteroatoms. The predicted octanol–water partition coefficient (Wildman–Crippen LogP) is 3.04. The third-order valence-corrected chi connectivity index (χ3v) is 5.44. The van der Waals surface area contributed by atoms with Crippen LogP contribution in [0.25, 0.3) is 10.8 Å². The van der Waals surface area contributed by atoms with Crippen LogP contribution in [0.4, 0.5) is 17.1 Å². The van der Waals surface area contributed by atoms with Crippen molar-refractivity contribution in [1.82, 2.24) is 0 Å². The van der Waals surface area contributed by atoms with Crippen LogP contribution in [-0.4, -0.2) is 31.0 Å². The minimum absolute atomic E-state index is 0.0928. The first kappa shape index (κ1) is 19.7. The van der Waals surface area contributed by atoms with Crippen molar-refractivity contribution in [3.63, 3.8) is 0 Å². The van der Waals surface area contributed by atoms with E-state index in [9.17, 15) is 26.5 Å². The van der Waals surface area contributed by atoms with E-state index in [0.717, 1.165) is 18.2 Å². The molecule has 5 N–H and O–H groups in total. The van der Waals surface area contributed by atoms with Crippen LogP contribution in [0.15, 0.2) is 68.6 Å². The molecule has 3 rings (SSSR count). The van der Waals surface area contributed by atoms with Crippen LogP contribution in [0.5, 0.6) is 5.75 Å². The van der Waals surface area contributed by atoms with Crippen LogP contribution in [0.1, 0.15) is 0 Å². The molecule has 3 aromatic carbocycles. The average molecular weight is 423 g/mol. The first-order chi connectivity index (χ1) is 13.0. The Morgan fingerprint density at radius 1 is 0.821 bits per heavy atom. The van der Waals surface area contributed by atoms with Crippen molar-refractivity contribution < 1.29 is 31.0 Å². The molecule has 0 aromatic heterocycles. The Labute approximate surface area is 159 Å². The summed E-state index contributed by atoms with van der Waals surface area (Å²) in [6, 6.07) is 9.77. The maximum atomic E-state index is 11.4. The monoisotopic (exact) mass is 423 g/mol. The van der Waals surface area contributed by atoms with Crippen LogP contribution in [0.3, 0.4) is 0 Å². The van der Waals surface area contributed by atoms with E-state index in [-0.39, 0.29) is 32.7 Å². The molecule has 0 atom stereocenters. The van der Waals surface area contributed by atoms with Gasteiger partial charge in [0.1, 0.15) is 5.75 Å². The number of fused-ring (bicyclic) bond motifs is 1. The fraction of sp³-hybridized carbons (Fsp3) is 0. The molecular weight excluding hydrogens is 410 g/mol. The molecule has 0 saturated carbocycles. The zero-order chi connectivity index (χ0) is 20.7. The topological polar surface area (TPSA) is 180 Å². The van der Waals surface area contributed by atoms with Gasteiger partial charge in [0.25, 0.3) is 20.2 Å². The van der Waals surface area contributed by atoms with Gasteiger partial charge in [0.15, 0.2) is 0 Å². The summed E-state index contributed by atoms with van der Waals surface area (Å²) in [5.41, 5.74) is 6.15. The normalized spacial score (nSPS) is 12.6. The van der Waals surface area contributed by atoms with Crippen LogP contribution in [0.2, 0.25) is 0 Å². The number of hydrogen-bond donors (Lipinski definition) is 4. The lowest BCUT2D eigenvalue weighted by Crippen LogP contribution is -1.98. The molecule has 0 radical (unpaired) electrons. The molecule has 10 nitrogen and oxygen atoms in total. The number of aromatic hydroxyl groups is 1. The van der Waals surface area contributed by atoms with E-state index < -0.39 is 30.9 Å². The molecule has 0 aliphatic carbocycles. The number of azo groups is 1. The maximum absolute atomic E-state index is 11.4. The largest absolute Gasteiger partial charge is 0.507 e. The summed E-state index contributed by atoms with van der Waals surface area (Å²) in [5.74, 6) is -0.479. The molecule has 0 bridgehead atoms. The van der Waals surface area contributed by atoms with Crippen molar-refractivity contribution in [3.8, 4) is 5.75 Å². The molecule has 0 spiro atoms. The molecule has 146 valence electrons. The third-order valence-electron chi connectivity index (χ3n) is 3.76.